The molecule has 2 atom stereocenters. The van der Waals surface area contributed by atoms with Gasteiger partial charge in [0.2, 0.25) is 0 Å². The van der Waals surface area contributed by atoms with Gasteiger partial charge in [-0.05, 0) is 56.5 Å². The van der Waals surface area contributed by atoms with E-state index in [2.05, 4.69) is 57.2 Å². The summed E-state index contributed by atoms with van der Waals surface area (Å²) in [5.74, 6) is 0.881. The number of ether oxygens (including phenoxy) is 1. The molecule has 0 radical (unpaired) electrons. The monoisotopic (exact) mass is 269 g/mol. The van der Waals surface area contributed by atoms with E-state index in [1.54, 1.807) is 0 Å². The molecule has 0 heterocycles. The second-order valence-corrected chi connectivity index (χ2v) is 5.64. The van der Waals surface area contributed by atoms with Crippen molar-refractivity contribution in [2.24, 2.45) is 5.73 Å². The fourth-order valence-corrected chi connectivity index (χ4v) is 2.47. The smallest absolute Gasteiger partial charge is 0.138 e. The molecule has 0 saturated heterocycles. The molecule has 0 aromatic heterocycles. The fraction of sp³-hybridized carbons (Fsp3) is 0.333. The summed E-state index contributed by atoms with van der Waals surface area (Å²) in [7, 11) is 0. The molecular weight excluding hydrogens is 246 g/mol. The highest BCUT2D eigenvalue weighted by Crippen LogP contribution is 2.26. The van der Waals surface area contributed by atoms with Crippen LogP contribution < -0.4 is 10.5 Å². The first-order valence-corrected chi connectivity index (χ1v) is 7.03. The van der Waals surface area contributed by atoms with Crippen molar-refractivity contribution in [3.05, 3.63) is 64.7 Å². The van der Waals surface area contributed by atoms with Crippen LogP contribution in [-0.4, -0.2) is 6.04 Å². The molecule has 0 spiro atoms. The highest BCUT2D eigenvalue weighted by Gasteiger charge is 2.18. The first kappa shape index (κ1) is 14.6. The standard InChI is InChI=1S/C18H23NO/c1-12-6-5-7-16(9-12)18(15(4)19)20-17-10-13(2)8-14(3)11-17/h5-11,15,18H,19H2,1-4H3. The average molecular weight is 269 g/mol. The number of aryl methyl sites for hydroxylation is 3. The summed E-state index contributed by atoms with van der Waals surface area (Å²) in [5, 5.41) is 0. The Morgan fingerprint density at radius 2 is 1.55 bits per heavy atom. The maximum Gasteiger partial charge on any atom is 0.138 e. The maximum atomic E-state index is 6.15. The largest absolute Gasteiger partial charge is 0.484 e. The Morgan fingerprint density at radius 3 is 2.10 bits per heavy atom. The molecule has 0 amide bonds. The van der Waals surface area contributed by atoms with E-state index in [0.717, 1.165) is 11.3 Å². The lowest BCUT2D eigenvalue weighted by molar-refractivity contribution is 0.180. The summed E-state index contributed by atoms with van der Waals surface area (Å²) in [4.78, 5) is 0. The molecule has 0 saturated carbocycles. The number of hydrogen-bond acceptors (Lipinski definition) is 2. The minimum Gasteiger partial charge on any atom is -0.484 e. The van der Waals surface area contributed by atoms with Crippen molar-refractivity contribution in [3.63, 3.8) is 0 Å². The van der Waals surface area contributed by atoms with Gasteiger partial charge in [-0.25, -0.2) is 0 Å². The van der Waals surface area contributed by atoms with Crippen LogP contribution >= 0.6 is 0 Å². The van der Waals surface area contributed by atoms with E-state index in [-0.39, 0.29) is 12.1 Å². The van der Waals surface area contributed by atoms with Crippen molar-refractivity contribution in [1.29, 1.82) is 0 Å². The Bertz CT molecular complexity index is 569. The Morgan fingerprint density at radius 1 is 0.900 bits per heavy atom. The Labute approximate surface area is 121 Å². The van der Waals surface area contributed by atoms with Gasteiger partial charge in [0.05, 0.1) is 0 Å². The van der Waals surface area contributed by atoms with Crippen LogP contribution in [0.5, 0.6) is 5.75 Å². The van der Waals surface area contributed by atoms with E-state index in [1.165, 1.54) is 16.7 Å². The van der Waals surface area contributed by atoms with Crippen LogP contribution in [0.1, 0.15) is 35.3 Å². The van der Waals surface area contributed by atoms with Gasteiger partial charge in [0.25, 0.3) is 0 Å². The second-order valence-electron chi connectivity index (χ2n) is 5.64. The minimum absolute atomic E-state index is 0.0716. The first-order valence-electron chi connectivity index (χ1n) is 7.03. The van der Waals surface area contributed by atoms with Gasteiger partial charge in [0.1, 0.15) is 11.9 Å². The third kappa shape index (κ3) is 3.61. The normalized spacial score (nSPS) is 13.8. The van der Waals surface area contributed by atoms with E-state index >= 15 is 0 Å². The SMILES string of the molecule is Cc1cc(C)cc(OC(c2cccc(C)c2)C(C)N)c1. The van der Waals surface area contributed by atoms with Crippen LogP contribution in [0.4, 0.5) is 0 Å². The molecule has 2 aromatic carbocycles. The van der Waals surface area contributed by atoms with E-state index in [1.807, 2.05) is 13.0 Å². The van der Waals surface area contributed by atoms with Crippen molar-refractivity contribution in [3.8, 4) is 5.75 Å². The van der Waals surface area contributed by atoms with Crippen LogP contribution in [0, 0.1) is 20.8 Å². The summed E-state index contributed by atoms with van der Waals surface area (Å²) < 4.78 is 6.15. The number of benzene rings is 2. The van der Waals surface area contributed by atoms with Gasteiger partial charge in [-0.15, -0.1) is 0 Å². The van der Waals surface area contributed by atoms with Crippen LogP contribution in [-0.2, 0) is 0 Å². The topological polar surface area (TPSA) is 35.2 Å². The molecule has 106 valence electrons. The van der Waals surface area contributed by atoms with Crippen molar-refractivity contribution >= 4 is 0 Å². The fourth-order valence-electron chi connectivity index (χ4n) is 2.47. The summed E-state index contributed by atoms with van der Waals surface area (Å²) in [6, 6.07) is 14.5. The van der Waals surface area contributed by atoms with Crippen LogP contribution in [0.3, 0.4) is 0 Å². The maximum absolute atomic E-state index is 6.15. The first-order chi connectivity index (χ1) is 9.45. The molecule has 2 unspecified atom stereocenters. The molecule has 2 N–H and O–H groups in total. The second kappa shape index (κ2) is 6.10. The Balaban J connectivity index is 2.30. The van der Waals surface area contributed by atoms with Crippen LogP contribution in [0.25, 0.3) is 0 Å². The summed E-state index contributed by atoms with van der Waals surface area (Å²) in [5.41, 5.74) is 10.9. The van der Waals surface area contributed by atoms with Crippen molar-refractivity contribution in [1.82, 2.24) is 0 Å². The van der Waals surface area contributed by atoms with Gasteiger partial charge < -0.3 is 10.5 Å². The highest BCUT2D eigenvalue weighted by molar-refractivity contribution is 5.34. The molecule has 0 fully saturated rings. The molecular formula is C18H23NO. The summed E-state index contributed by atoms with van der Waals surface area (Å²) in [6.07, 6.45) is -0.129. The van der Waals surface area contributed by atoms with Gasteiger partial charge in [0.15, 0.2) is 0 Å². The summed E-state index contributed by atoms with van der Waals surface area (Å²) in [6.45, 7) is 8.22. The zero-order valence-corrected chi connectivity index (χ0v) is 12.7. The number of hydrogen-bond donors (Lipinski definition) is 1. The lowest BCUT2D eigenvalue weighted by Gasteiger charge is -2.24. The Kier molecular flexibility index (Phi) is 4.46. The van der Waals surface area contributed by atoms with Gasteiger partial charge in [-0.2, -0.15) is 0 Å². The van der Waals surface area contributed by atoms with Crippen molar-refractivity contribution in [2.45, 2.75) is 39.8 Å². The molecule has 0 bridgehead atoms. The van der Waals surface area contributed by atoms with E-state index < -0.39 is 0 Å². The third-order valence-corrected chi connectivity index (χ3v) is 3.31. The molecule has 0 aliphatic carbocycles. The third-order valence-electron chi connectivity index (χ3n) is 3.31. The van der Waals surface area contributed by atoms with E-state index in [9.17, 15) is 0 Å². The van der Waals surface area contributed by atoms with E-state index in [0.29, 0.717) is 0 Å². The average Bonchev–Trinajstić information content (AvgIpc) is 2.34. The lowest BCUT2D eigenvalue weighted by Crippen LogP contribution is -2.29. The van der Waals surface area contributed by atoms with E-state index in [4.69, 9.17) is 10.5 Å². The number of nitrogens with two attached hydrogens (primary N) is 1. The van der Waals surface area contributed by atoms with Crippen molar-refractivity contribution in [2.75, 3.05) is 0 Å². The number of rotatable bonds is 4. The van der Waals surface area contributed by atoms with Crippen LogP contribution in [0.15, 0.2) is 42.5 Å². The van der Waals surface area contributed by atoms with Crippen LogP contribution in [0.2, 0.25) is 0 Å². The molecule has 2 rings (SSSR count). The molecule has 0 aliphatic heterocycles. The lowest BCUT2D eigenvalue weighted by atomic mass is 10.0. The zero-order chi connectivity index (χ0) is 14.7. The molecule has 20 heavy (non-hydrogen) atoms. The summed E-state index contributed by atoms with van der Waals surface area (Å²) >= 11 is 0. The molecule has 2 heteroatoms. The Hall–Kier alpha value is -1.80. The predicted octanol–water partition coefficient (Wildman–Crippen LogP) is 4.08. The highest BCUT2D eigenvalue weighted by atomic mass is 16.5. The van der Waals surface area contributed by atoms with Crippen molar-refractivity contribution < 1.29 is 4.74 Å². The van der Waals surface area contributed by atoms with Gasteiger partial charge >= 0.3 is 0 Å². The molecule has 2 nitrogen and oxygen atoms in total. The minimum atomic E-state index is -0.129. The van der Waals surface area contributed by atoms with Gasteiger partial charge in [-0.3, -0.25) is 0 Å². The quantitative estimate of drug-likeness (QED) is 0.907. The van der Waals surface area contributed by atoms with Gasteiger partial charge in [0, 0.05) is 6.04 Å². The molecule has 0 aliphatic rings. The van der Waals surface area contributed by atoms with Gasteiger partial charge in [-0.1, -0.05) is 35.9 Å². The predicted molar refractivity (Wildman–Crippen MR) is 84.1 cm³/mol. The molecule has 2 aromatic rings. The zero-order valence-electron chi connectivity index (χ0n) is 12.7.